The molecule has 1 aromatic carbocycles. The summed E-state index contributed by atoms with van der Waals surface area (Å²) >= 11 is 0. The molecule has 0 amide bonds. The van der Waals surface area contributed by atoms with Crippen LogP contribution in [0.25, 0.3) is 22.7 Å². The summed E-state index contributed by atoms with van der Waals surface area (Å²) < 4.78 is 5.64. The fourth-order valence-electron chi connectivity index (χ4n) is 1.82. The molecule has 3 aromatic rings. The Labute approximate surface area is 109 Å². The van der Waals surface area contributed by atoms with Crippen LogP contribution in [0.2, 0.25) is 0 Å². The fourth-order valence-corrected chi connectivity index (χ4v) is 1.82. The standard InChI is InChI=1S/C14H13N3O2/c18-9-8-15-11-5-3-10(4-6-11)14-17-13-12(19-14)2-1-7-16-13/h1-7,15,18H,8-9H2. The predicted molar refractivity (Wildman–Crippen MR) is 72.8 cm³/mol. The third-order valence-corrected chi connectivity index (χ3v) is 2.74. The Kier molecular flexibility index (Phi) is 3.12. The number of aromatic nitrogens is 2. The average Bonchev–Trinajstić information content (AvgIpc) is 2.89. The minimum absolute atomic E-state index is 0.110. The summed E-state index contributed by atoms with van der Waals surface area (Å²) in [5.74, 6) is 0.558. The Bertz CT molecular complexity index is 643. The van der Waals surface area contributed by atoms with Crippen LogP contribution in [0.3, 0.4) is 0 Å². The van der Waals surface area contributed by atoms with Crippen molar-refractivity contribution < 1.29 is 9.52 Å². The van der Waals surface area contributed by atoms with Crippen molar-refractivity contribution in [1.29, 1.82) is 0 Å². The molecule has 96 valence electrons. The number of anilines is 1. The minimum atomic E-state index is 0.110. The summed E-state index contributed by atoms with van der Waals surface area (Å²) in [6.07, 6.45) is 1.69. The van der Waals surface area contributed by atoms with Crippen LogP contribution in [0.1, 0.15) is 0 Å². The minimum Gasteiger partial charge on any atom is -0.434 e. The van der Waals surface area contributed by atoms with Crippen molar-refractivity contribution in [3.05, 3.63) is 42.6 Å². The van der Waals surface area contributed by atoms with Crippen molar-refractivity contribution in [3.63, 3.8) is 0 Å². The fraction of sp³-hybridized carbons (Fsp3) is 0.143. The number of nitrogens with one attached hydrogen (secondary N) is 1. The van der Waals surface area contributed by atoms with Gasteiger partial charge in [0.25, 0.3) is 0 Å². The average molecular weight is 255 g/mol. The smallest absolute Gasteiger partial charge is 0.228 e. The molecule has 0 bridgehead atoms. The van der Waals surface area contributed by atoms with Crippen LogP contribution in [-0.4, -0.2) is 28.2 Å². The topological polar surface area (TPSA) is 71.2 Å². The van der Waals surface area contributed by atoms with E-state index < -0.39 is 0 Å². The summed E-state index contributed by atoms with van der Waals surface area (Å²) in [7, 11) is 0. The second-order valence-electron chi connectivity index (χ2n) is 4.07. The van der Waals surface area contributed by atoms with Crippen LogP contribution < -0.4 is 5.32 Å². The molecule has 0 saturated carbocycles. The molecule has 3 rings (SSSR count). The third kappa shape index (κ3) is 2.41. The molecule has 0 fully saturated rings. The van der Waals surface area contributed by atoms with Crippen LogP contribution in [0, 0.1) is 0 Å². The van der Waals surface area contributed by atoms with Gasteiger partial charge in [0.15, 0.2) is 11.2 Å². The van der Waals surface area contributed by atoms with E-state index >= 15 is 0 Å². The largest absolute Gasteiger partial charge is 0.434 e. The first kappa shape index (κ1) is 11.7. The molecule has 0 radical (unpaired) electrons. The molecule has 0 spiro atoms. The van der Waals surface area contributed by atoms with E-state index in [0.29, 0.717) is 23.7 Å². The number of hydrogen-bond donors (Lipinski definition) is 2. The maximum absolute atomic E-state index is 8.75. The van der Waals surface area contributed by atoms with E-state index in [1.165, 1.54) is 0 Å². The highest BCUT2D eigenvalue weighted by Gasteiger charge is 2.08. The van der Waals surface area contributed by atoms with E-state index in [-0.39, 0.29) is 6.61 Å². The first-order valence-electron chi connectivity index (χ1n) is 6.03. The number of aliphatic hydroxyl groups excluding tert-OH is 1. The van der Waals surface area contributed by atoms with Crippen LogP contribution >= 0.6 is 0 Å². The third-order valence-electron chi connectivity index (χ3n) is 2.74. The molecular weight excluding hydrogens is 242 g/mol. The van der Waals surface area contributed by atoms with E-state index in [1.54, 1.807) is 6.20 Å². The molecule has 0 aliphatic heterocycles. The normalized spacial score (nSPS) is 10.8. The maximum Gasteiger partial charge on any atom is 0.228 e. The van der Waals surface area contributed by atoms with Gasteiger partial charge in [0.2, 0.25) is 5.89 Å². The Balaban J connectivity index is 1.88. The first-order chi connectivity index (χ1) is 9.36. The van der Waals surface area contributed by atoms with Crippen LogP contribution in [0.5, 0.6) is 0 Å². The zero-order valence-electron chi connectivity index (χ0n) is 10.2. The van der Waals surface area contributed by atoms with E-state index in [0.717, 1.165) is 11.3 Å². The van der Waals surface area contributed by atoms with Crippen LogP contribution in [0.4, 0.5) is 5.69 Å². The maximum atomic E-state index is 8.75. The molecule has 0 aliphatic carbocycles. The summed E-state index contributed by atoms with van der Waals surface area (Å²) in [5, 5.41) is 11.8. The number of nitrogens with zero attached hydrogens (tertiary/aromatic N) is 2. The highest BCUT2D eigenvalue weighted by atomic mass is 16.3. The molecule has 2 heterocycles. The molecule has 19 heavy (non-hydrogen) atoms. The van der Waals surface area contributed by atoms with Crippen molar-refractivity contribution in [2.45, 2.75) is 0 Å². The molecule has 0 unspecified atom stereocenters. The van der Waals surface area contributed by atoms with E-state index in [9.17, 15) is 0 Å². The van der Waals surface area contributed by atoms with Crippen molar-refractivity contribution in [1.82, 2.24) is 9.97 Å². The molecule has 2 N–H and O–H groups in total. The summed E-state index contributed by atoms with van der Waals surface area (Å²) in [5.41, 5.74) is 3.14. The Morgan fingerprint density at radius 2 is 2.00 bits per heavy atom. The number of pyridine rings is 1. The summed E-state index contributed by atoms with van der Waals surface area (Å²) in [6.45, 7) is 0.644. The van der Waals surface area contributed by atoms with Gasteiger partial charge in [0, 0.05) is 24.0 Å². The summed E-state index contributed by atoms with van der Waals surface area (Å²) in [6, 6.07) is 11.4. The van der Waals surface area contributed by atoms with Gasteiger partial charge in [0.1, 0.15) is 0 Å². The van der Waals surface area contributed by atoms with Gasteiger partial charge in [-0.05, 0) is 36.4 Å². The van der Waals surface area contributed by atoms with Gasteiger partial charge < -0.3 is 14.8 Å². The van der Waals surface area contributed by atoms with Gasteiger partial charge in [-0.3, -0.25) is 0 Å². The lowest BCUT2D eigenvalue weighted by Crippen LogP contribution is -2.04. The molecule has 2 aromatic heterocycles. The van der Waals surface area contributed by atoms with E-state index in [2.05, 4.69) is 15.3 Å². The van der Waals surface area contributed by atoms with Gasteiger partial charge in [0.05, 0.1) is 6.61 Å². The number of benzene rings is 1. The number of hydrogen-bond acceptors (Lipinski definition) is 5. The molecule has 0 atom stereocenters. The molecule has 5 nitrogen and oxygen atoms in total. The number of rotatable bonds is 4. The second kappa shape index (κ2) is 5.07. The summed E-state index contributed by atoms with van der Waals surface area (Å²) in [4.78, 5) is 8.48. The Morgan fingerprint density at radius 1 is 1.16 bits per heavy atom. The lowest BCUT2D eigenvalue weighted by molar-refractivity contribution is 0.311. The van der Waals surface area contributed by atoms with Crippen molar-refractivity contribution in [2.24, 2.45) is 0 Å². The molecular formula is C14H13N3O2. The monoisotopic (exact) mass is 255 g/mol. The lowest BCUT2D eigenvalue weighted by atomic mass is 10.2. The SMILES string of the molecule is OCCNc1ccc(-c2nc3ncccc3o2)cc1. The number of aliphatic hydroxyl groups is 1. The van der Waals surface area contributed by atoms with Gasteiger partial charge >= 0.3 is 0 Å². The zero-order valence-corrected chi connectivity index (χ0v) is 10.2. The highest BCUT2D eigenvalue weighted by Crippen LogP contribution is 2.24. The highest BCUT2D eigenvalue weighted by molar-refractivity contribution is 5.72. The quantitative estimate of drug-likeness (QED) is 0.748. The predicted octanol–water partition coefficient (Wildman–Crippen LogP) is 2.29. The molecule has 5 heteroatoms. The van der Waals surface area contributed by atoms with Crippen molar-refractivity contribution in [2.75, 3.05) is 18.5 Å². The molecule has 0 aliphatic rings. The molecule has 0 saturated heterocycles. The van der Waals surface area contributed by atoms with Gasteiger partial charge in [-0.1, -0.05) is 0 Å². The lowest BCUT2D eigenvalue weighted by Gasteiger charge is -2.04. The zero-order chi connectivity index (χ0) is 13.1. The van der Waals surface area contributed by atoms with Crippen molar-refractivity contribution in [3.8, 4) is 11.5 Å². The van der Waals surface area contributed by atoms with Crippen LogP contribution in [0.15, 0.2) is 47.0 Å². The number of oxazole rings is 1. The van der Waals surface area contributed by atoms with Gasteiger partial charge in [-0.15, -0.1) is 0 Å². The van der Waals surface area contributed by atoms with Crippen molar-refractivity contribution >= 4 is 16.9 Å². The van der Waals surface area contributed by atoms with Gasteiger partial charge in [-0.25, -0.2) is 4.98 Å². The second-order valence-corrected chi connectivity index (χ2v) is 4.07. The van der Waals surface area contributed by atoms with E-state index in [4.69, 9.17) is 9.52 Å². The van der Waals surface area contributed by atoms with E-state index in [1.807, 2.05) is 36.4 Å². The van der Waals surface area contributed by atoms with Gasteiger partial charge in [-0.2, -0.15) is 4.98 Å². The Morgan fingerprint density at radius 3 is 2.74 bits per heavy atom. The van der Waals surface area contributed by atoms with Crippen LogP contribution in [-0.2, 0) is 0 Å². The Hall–Kier alpha value is -2.40. The number of fused-ring (bicyclic) bond motifs is 1. The first-order valence-corrected chi connectivity index (χ1v) is 6.03.